The molecule has 0 saturated carbocycles. The van der Waals surface area contributed by atoms with Gasteiger partial charge in [-0.25, -0.2) is 8.78 Å². The largest absolute Gasteiger partial charge is 0.497 e. The summed E-state index contributed by atoms with van der Waals surface area (Å²) in [6.07, 6.45) is 0. The van der Waals surface area contributed by atoms with Crippen LogP contribution in [0.1, 0.15) is 30.8 Å². The highest BCUT2D eigenvalue weighted by molar-refractivity contribution is 9.10. The number of methoxy groups -OCH3 is 1. The van der Waals surface area contributed by atoms with Gasteiger partial charge in [0.05, 0.1) is 29.9 Å². The second kappa shape index (κ2) is 9.55. The van der Waals surface area contributed by atoms with E-state index in [2.05, 4.69) is 31.9 Å². The van der Waals surface area contributed by atoms with Gasteiger partial charge in [-0.2, -0.15) is 0 Å². The lowest BCUT2D eigenvalue weighted by Gasteiger charge is -2.26. The number of benzene rings is 2. The molecule has 3 nitrogen and oxygen atoms in total. The number of hydrogen-bond donors (Lipinski definition) is 0. The fourth-order valence-electron chi connectivity index (χ4n) is 3.73. The molecule has 0 radical (unpaired) electrons. The van der Waals surface area contributed by atoms with Crippen LogP contribution in [0.5, 0.6) is 5.75 Å². The first-order valence-electron chi connectivity index (χ1n) is 10.5. The minimum atomic E-state index is -0.679. The minimum absolute atomic E-state index is 0.358. The molecule has 0 aliphatic rings. The van der Waals surface area contributed by atoms with Crippen molar-refractivity contribution in [2.45, 2.75) is 26.2 Å². The van der Waals surface area contributed by atoms with E-state index in [0.29, 0.717) is 48.6 Å². The van der Waals surface area contributed by atoms with E-state index in [0.717, 1.165) is 5.56 Å². The smallest absolute Gasteiger partial charge is 0.133 e. The Balaban J connectivity index is 1.85. The normalized spacial score (nSPS) is 11.5. The molecule has 0 aliphatic heterocycles. The van der Waals surface area contributed by atoms with Gasteiger partial charge in [0.25, 0.3) is 0 Å². The number of hydrogen-bond acceptors (Lipinski definition) is 3. The van der Waals surface area contributed by atoms with E-state index < -0.39 is 5.41 Å². The van der Waals surface area contributed by atoms with Crippen molar-refractivity contribution in [3.05, 3.63) is 98.2 Å². The zero-order chi connectivity index (χ0) is 24.6. The summed E-state index contributed by atoms with van der Waals surface area (Å²) in [5.41, 5.74) is 3.42. The standard InChI is InChI=1S/C27H22Br2F2N2O/c1-15-9-23(19-7-5-16(28)11-21(19)30)32-25(10-15)27(2,3)26-14-18(34-4)13-24(33-26)20-8-6-17(29)12-22(20)31/h5-14H,1-4H3. The fourth-order valence-corrected chi connectivity index (χ4v) is 4.40. The molecule has 0 spiro atoms. The van der Waals surface area contributed by atoms with Gasteiger partial charge >= 0.3 is 0 Å². The summed E-state index contributed by atoms with van der Waals surface area (Å²) in [5.74, 6) is -0.188. The molecule has 0 bridgehead atoms. The summed E-state index contributed by atoms with van der Waals surface area (Å²) < 4.78 is 36.2. The second-order valence-electron chi connectivity index (χ2n) is 8.57. The van der Waals surface area contributed by atoms with Crippen molar-refractivity contribution >= 4 is 31.9 Å². The van der Waals surface area contributed by atoms with Crippen molar-refractivity contribution in [1.29, 1.82) is 0 Å². The zero-order valence-corrected chi connectivity index (χ0v) is 22.3. The van der Waals surface area contributed by atoms with Gasteiger partial charge in [0.2, 0.25) is 0 Å². The molecule has 0 amide bonds. The predicted octanol–water partition coefficient (Wildman–Crippen LogP) is 8.26. The van der Waals surface area contributed by atoms with Crippen molar-refractivity contribution in [1.82, 2.24) is 9.97 Å². The van der Waals surface area contributed by atoms with Crippen LogP contribution >= 0.6 is 31.9 Å². The predicted molar refractivity (Wildman–Crippen MR) is 138 cm³/mol. The molecule has 7 heteroatoms. The van der Waals surface area contributed by atoms with E-state index in [9.17, 15) is 8.78 Å². The summed E-state index contributed by atoms with van der Waals surface area (Å²) in [6, 6.07) is 17.1. The molecule has 2 heterocycles. The van der Waals surface area contributed by atoms with Gasteiger partial charge in [-0.05, 0) is 74.9 Å². The van der Waals surface area contributed by atoms with Gasteiger partial charge in [-0.15, -0.1) is 0 Å². The van der Waals surface area contributed by atoms with Gasteiger partial charge < -0.3 is 4.74 Å². The molecule has 174 valence electrons. The molecular weight excluding hydrogens is 566 g/mol. The highest BCUT2D eigenvalue weighted by Gasteiger charge is 2.29. The zero-order valence-electron chi connectivity index (χ0n) is 19.1. The second-order valence-corrected chi connectivity index (χ2v) is 10.4. The van der Waals surface area contributed by atoms with Crippen LogP contribution in [0.3, 0.4) is 0 Å². The Morgan fingerprint density at radius 2 is 1.24 bits per heavy atom. The lowest BCUT2D eigenvalue weighted by Crippen LogP contribution is -2.23. The molecule has 4 aromatic rings. The third kappa shape index (κ3) is 4.91. The third-order valence-electron chi connectivity index (χ3n) is 5.70. The number of rotatable bonds is 5. The lowest BCUT2D eigenvalue weighted by atomic mass is 9.83. The third-order valence-corrected chi connectivity index (χ3v) is 6.69. The average Bonchev–Trinajstić information content (AvgIpc) is 2.78. The molecule has 0 aliphatic carbocycles. The van der Waals surface area contributed by atoms with E-state index >= 15 is 0 Å². The maximum absolute atomic E-state index is 14.7. The number of aryl methyl sites for hydroxylation is 1. The Kier molecular flexibility index (Phi) is 6.87. The van der Waals surface area contributed by atoms with E-state index in [4.69, 9.17) is 14.7 Å². The SMILES string of the molecule is COc1cc(-c2ccc(Br)cc2F)nc(C(C)(C)c2cc(C)cc(-c3ccc(Br)cc3F)n2)c1. The molecular formula is C27H22Br2F2N2O. The van der Waals surface area contributed by atoms with Gasteiger partial charge in [0.15, 0.2) is 0 Å². The molecule has 0 unspecified atom stereocenters. The molecule has 4 rings (SSSR count). The average molecular weight is 588 g/mol. The molecule has 0 N–H and O–H groups in total. The number of ether oxygens (including phenoxy) is 1. The van der Waals surface area contributed by atoms with Gasteiger partial charge in [0, 0.05) is 37.6 Å². The molecule has 0 fully saturated rings. The first-order chi connectivity index (χ1) is 16.1. The lowest BCUT2D eigenvalue weighted by molar-refractivity contribution is 0.412. The summed E-state index contributed by atoms with van der Waals surface area (Å²) in [6.45, 7) is 5.92. The van der Waals surface area contributed by atoms with Crippen LogP contribution in [0.2, 0.25) is 0 Å². The number of aromatic nitrogens is 2. The van der Waals surface area contributed by atoms with Gasteiger partial charge in [0.1, 0.15) is 17.4 Å². The molecule has 0 saturated heterocycles. The topological polar surface area (TPSA) is 35.0 Å². The highest BCUT2D eigenvalue weighted by Crippen LogP contribution is 2.36. The summed E-state index contributed by atoms with van der Waals surface area (Å²) in [7, 11) is 1.56. The monoisotopic (exact) mass is 586 g/mol. The molecule has 34 heavy (non-hydrogen) atoms. The Morgan fingerprint density at radius 1 is 0.735 bits per heavy atom. The van der Waals surface area contributed by atoms with Crippen LogP contribution in [0.15, 0.2) is 69.6 Å². The maximum atomic E-state index is 14.7. The quantitative estimate of drug-likeness (QED) is 0.236. The van der Waals surface area contributed by atoms with Crippen LogP contribution in [0, 0.1) is 18.6 Å². The van der Waals surface area contributed by atoms with Crippen molar-refractivity contribution in [2.75, 3.05) is 7.11 Å². The Bertz CT molecular complexity index is 1390. The minimum Gasteiger partial charge on any atom is -0.497 e. The van der Waals surface area contributed by atoms with Gasteiger partial charge in [-0.3, -0.25) is 9.97 Å². The van der Waals surface area contributed by atoms with Crippen LogP contribution in [-0.2, 0) is 5.41 Å². The van der Waals surface area contributed by atoms with Crippen molar-refractivity contribution in [2.24, 2.45) is 0 Å². The van der Waals surface area contributed by atoms with Crippen molar-refractivity contribution in [3.63, 3.8) is 0 Å². The van der Waals surface area contributed by atoms with Crippen molar-refractivity contribution in [3.8, 4) is 28.3 Å². The summed E-state index contributed by atoms with van der Waals surface area (Å²) >= 11 is 6.59. The molecule has 0 atom stereocenters. The number of halogens is 4. The maximum Gasteiger partial charge on any atom is 0.133 e. The van der Waals surface area contributed by atoms with E-state index in [1.807, 2.05) is 39.0 Å². The first-order valence-corrected chi connectivity index (χ1v) is 12.1. The number of pyridine rings is 2. The van der Waals surface area contributed by atoms with E-state index in [1.165, 1.54) is 12.1 Å². The molecule has 2 aromatic carbocycles. The molecule has 2 aromatic heterocycles. The number of nitrogens with zero attached hydrogens (tertiary/aromatic N) is 2. The van der Waals surface area contributed by atoms with Crippen LogP contribution in [0.25, 0.3) is 22.5 Å². The van der Waals surface area contributed by atoms with Gasteiger partial charge in [-0.1, -0.05) is 31.9 Å². The van der Waals surface area contributed by atoms with E-state index in [-0.39, 0.29) is 11.6 Å². The Morgan fingerprint density at radius 3 is 1.74 bits per heavy atom. The van der Waals surface area contributed by atoms with Crippen LogP contribution in [0.4, 0.5) is 8.78 Å². The van der Waals surface area contributed by atoms with E-state index in [1.54, 1.807) is 37.4 Å². The fraction of sp³-hybridized carbons (Fsp3) is 0.185. The summed E-state index contributed by atoms with van der Waals surface area (Å²) in [5, 5.41) is 0. The van der Waals surface area contributed by atoms with Crippen LogP contribution in [-0.4, -0.2) is 17.1 Å². The highest BCUT2D eigenvalue weighted by atomic mass is 79.9. The van der Waals surface area contributed by atoms with Crippen LogP contribution < -0.4 is 4.74 Å². The first kappa shape index (κ1) is 24.5. The van der Waals surface area contributed by atoms with Crippen molar-refractivity contribution < 1.29 is 13.5 Å². The summed E-state index contributed by atoms with van der Waals surface area (Å²) in [4.78, 5) is 9.61. The Labute approximate surface area is 214 Å². The Hall–Kier alpha value is -2.64.